The van der Waals surface area contributed by atoms with Crippen molar-refractivity contribution < 1.29 is 12.8 Å². The first-order valence-electron chi connectivity index (χ1n) is 8.86. The average molecular weight is 375 g/mol. The highest BCUT2D eigenvalue weighted by atomic mass is 32.2. The molecule has 0 spiro atoms. The lowest BCUT2D eigenvalue weighted by Crippen LogP contribution is -2.52. The van der Waals surface area contributed by atoms with Crippen LogP contribution < -0.4 is 9.62 Å². The summed E-state index contributed by atoms with van der Waals surface area (Å²) in [6, 6.07) is 16.3. The molecule has 5 nitrogen and oxygen atoms in total. The molecule has 1 aliphatic carbocycles. The van der Waals surface area contributed by atoms with Gasteiger partial charge in [0.25, 0.3) is 10.2 Å². The molecule has 0 unspecified atom stereocenters. The molecule has 0 amide bonds. The van der Waals surface area contributed by atoms with Gasteiger partial charge in [0.2, 0.25) is 0 Å². The van der Waals surface area contributed by atoms with Crippen molar-refractivity contribution in [2.24, 2.45) is 0 Å². The lowest BCUT2D eigenvalue weighted by Gasteiger charge is -2.35. The van der Waals surface area contributed by atoms with E-state index >= 15 is 0 Å². The van der Waals surface area contributed by atoms with Gasteiger partial charge in [-0.3, -0.25) is 0 Å². The van der Waals surface area contributed by atoms with E-state index in [1.165, 1.54) is 22.0 Å². The van der Waals surface area contributed by atoms with Crippen LogP contribution in [0.3, 0.4) is 0 Å². The van der Waals surface area contributed by atoms with E-state index in [-0.39, 0.29) is 17.8 Å². The Labute approximate surface area is 153 Å². The van der Waals surface area contributed by atoms with Crippen LogP contribution in [0.5, 0.6) is 0 Å². The molecule has 1 N–H and O–H groups in total. The van der Waals surface area contributed by atoms with Gasteiger partial charge in [-0.25, -0.2) is 4.39 Å². The maximum Gasteiger partial charge on any atom is 0.279 e. The van der Waals surface area contributed by atoms with Crippen molar-refractivity contribution in [3.63, 3.8) is 0 Å². The fourth-order valence-corrected chi connectivity index (χ4v) is 4.93. The van der Waals surface area contributed by atoms with Crippen LogP contribution in [0.4, 0.5) is 10.1 Å². The number of nitrogens with one attached hydrogen (secondary N) is 1. The highest BCUT2D eigenvalue weighted by Gasteiger charge is 2.42. The summed E-state index contributed by atoms with van der Waals surface area (Å²) in [5, 5.41) is 0. The molecule has 1 aliphatic heterocycles. The average Bonchev–Trinajstić information content (AvgIpc) is 3.41. The Morgan fingerprint density at radius 3 is 2.23 bits per heavy atom. The van der Waals surface area contributed by atoms with Crippen molar-refractivity contribution >= 4 is 15.9 Å². The molecule has 0 bridgehead atoms. The summed E-state index contributed by atoms with van der Waals surface area (Å²) < 4.78 is 42.7. The summed E-state index contributed by atoms with van der Waals surface area (Å²) in [5.74, 6) is 0.00282. The van der Waals surface area contributed by atoms with Crippen LogP contribution in [0.1, 0.15) is 17.9 Å². The van der Waals surface area contributed by atoms with Gasteiger partial charge < -0.3 is 4.90 Å². The molecule has 0 radical (unpaired) electrons. The Balaban J connectivity index is 1.33. The number of benzene rings is 2. The van der Waals surface area contributed by atoms with Crippen LogP contribution in [-0.4, -0.2) is 44.9 Å². The zero-order valence-corrected chi connectivity index (χ0v) is 15.2. The molecule has 26 heavy (non-hydrogen) atoms. The van der Waals surface area contributed by atoms with Gasteiger partial charge in [-0.2, -0.15) is 17.4 Å². The molecule has 138 valence electrons. The SMILES string of the molecule is O=S(=O)(N[C@@H]1C[C@H]1c1ccccc1)N1CCN(c2ccc(F)cc2)CC1. The van der Waals surface area contributed by atoms with Gasteiger partial charge in [0.15, 0.2) is 0 Å². The molecule has 7 heteroatoms. The predicted octanol–water partition coefficient (Wildman–Crippen LogP) is 2.34. The quantitative estimate of drug-likeness (QED) is 0.873. The number of nitrogens with zero attached hydrogens (tertiary/aromatic N) is 2. The Bertz CT molecular complexity index is 850. The first kappa shape index (κ1) is 17.5. The summed E-state index contributed by atoms with van der Waals surface area (Å²) in [7, 11) is -3.48. The minimum atomic E-state index is -3.48. The number of hydrogen-bond donors (Lipinski definition) is 1. The Morgan fingerprint density at radius 2 is 1.58 bits per heavy atom. The molecule has 1 saturated carbocycles. The van der Waals surface area contributed by atoms with Crippen LogP contribution in [0.2, 0.25) is 0 Å². The Morgan fingerprint density at radius 1 is 0.923 bits per heavy atom. The van der Waals surface area contributed by atoms with E-state index in [0.29, 0.717) is 26.2 Å². The minimum Gasteiger partial charge on any atom is -0.369 e. The predicted molar refractivity (Wildman–Crippen MR) is 99.8 cm³/mol. The third-order valence-corrected chi connectivity index (χ3v) is 6.73. The minimum absolute atomic E-state index is 0.0162. The van der Waals surface area contributed by atoms with E-state index in [1.54, 1.807) is 12.1 Å². The molecule has 2 aromatic rings. The van der Waals surface area contributed by atoms with E-state index < -0.39 is 10.2 Å². The lowest BCUT2D eigenvalue weighted by atomic mass is 10.1. The molecule has 2 aliphatic rings. The summed E-state index contributed by atoms with van der Waals surface area (Å²) in [4.78, 5) is 2.08. The zero-order valence-electron chi connectivity index (χ0n) is 14.4. The standard InChI is InChI=1S/C19H22FN3O2S/c20-16-6-8-17(9-7-16)22-10-12-23(13-11-22)26(24,25)21-19-14-18(19)15-4-2-1-3-5-15/h1-9,18-19,21H,10-14H2/t18-,19+/m0/s1. The van der Waals surface area contributed by atoms with Gasteiger partial charge in [-0.05, 0) is 36.2 Å². The van der Waals surface area contributed by atoms with Crippen molar-refractivity contribution in [3.05, 3.63) is 66.0 Å². The maximum atomic E-state index is 13.0. The van der Waals surface area contributed by atoms with Crippen LogP contribution in [0, 0.1) is 5.82 Å². The zero-order chi connectivity index (χ0) is 18.1. The second-order valence-corrected chi connectivity index (χ2v) is 8.55. The molecule has 1 heterocycles. The van der Waals surface area contributed by atoms with Crippen molar-refractivity contribution in [3.8, 4) is 0 Å². The fourth-order valence-electron chi connectivity index (χ4n) is 3.50. The van der Waals surface area contributed by atoms with Gasteiger partial charge in [0.1, 0.15) is 5.82 Å². The van der Waals surface area contributed by atoms with Gasteiger partial charge in [-0.1, -0.05) is 30.3 Å². The first-order valence-corrected chi connectivity index (χ1v) is 10.3. The lowest BCUT2D eigenvalue weighted by molar-refractivity contribution is 0.378. The van der Waals surface area contributed by atoms with Crippen molar-refractivity contribution in [1.82, 2.24) is 9.03 Å². The normalized spacial score (nSPS) is 23.8. The summed E-state index contributed by atoms with van der Waals surface area (Å²) >= 11 is 0. The van der Waals surface area contributed by atoms with E-state index in [0.717, 1.165) is 12.1 Å². The Kier molecular flexibility index (Phi) is 4.69. The second kappa shape index (κ2) is 6.98. The highest BCUT2D eigenvalue weighted by Crippen LogP contribution is 2.41. The summed E-state index contributed by atoms with van der Waals surface area (Å²) in [5.41, 5.74) is 2.10. The van der Waals surface area contributed by atoms with Gasteiger partial charge >= 0.3 is 0 Å². The van der Waals surface area contributed by atoms with Crippen molar-refractivity contribution in [1.29, 1.82) is 0 Å². The van der Waals surface area contributed by atoms with E-state index in [1.807, 2.05) is 30.3 Å². The topological polar surface area (TPSA) is 52.7 Å². The van der Waals surface area contributed by atoms with Crippen molar-refractivity contribution in [2.45, 2.75) is 18.4 Å². The molecule has 0 aromatic heterocycles. The second-order valence-electron chi connectivity index (χ2n) is 6.84. The fraction of sp³-hybridized carbons (Fsp3) is 0.368. The number of anilines is 1. The third-order valence-electron chi connectivity index (χ3n) is 5.09. The van der Waals surface area contributed by atoms with Crippen LogP contribution in [-0.2, 0) is 10.2 Å². The third kappa shape index (κ3) is 3.75. The van der Waals surface area contributed by atoms with Gasteiger partial charge in [0.05, 0.1) is 0 Å². The largest absolute Gasteiger partial charge is 0.369 e. The summed E-state index contributed by atoms with van der Waals surface area (Å²) in [6.07, 6.45) is 0.846. The maximum absolute atomic E-state index is 13.0. The Hall–Kier alpha value is -1.96. The van der Waals surface area contributed by atoms with Crippen molar-refractivity contribution in [2.75, 3.05) is 31.1 Å². The van der Waals surface area contributed by atoms with Crippen LogP contribution >= 0.6 is 0 Å². The number of halogens is 1. The molecule has 1 saturated heterocycles. The monoisotopic (exact) mass is 375 g/mol. The number of piperazine rings is 1. The van der Waals surface area contributed by atoms with Crippen LogP contribution in [0.25, 0.3) is 0 Å². The molecule has 4 rings (SSSR count). The molecule has 2 atom stereocenters. The van der Waals surface area contributed by atoms with Gasteiger partial charge in [0, 0.05) is 43.8 Å². The van der Waals surface area contributed by atoms with E-state index in [9.17, 15) is 12.8 Å². The molecule has 2 aromatic carbocycles. The molecular formula is C19H22FN3O2S. The van der Waals surface area contributed by atoms with Crippen LogP contribution in [0.15, 0.2) is 54.6 Å². The van der Waals surface area contributed by atoms with E-state index in [2.05, 4.69) is 9.62 Å². The molecule has 2 fully saturated rings. The smallest absolute Gasteiger partial charge is 0.279 e. The first-order chi connectivity index (χ1) is 12.5. The summed E-state index contributed by atoms with van der Waals surface area (Å²) in [6.45, 7) is 2.05. The molecular weight excluding hydrogens is 353 g/mol. The highest BCUT2D eigenvalue weighted by molar-refractivity contribution is 7.87. The number of hydrogen-bond acceptors (Lipinski definition) is 3. The number of rotatable bonds is 5. The van der Waals surface area contributed by atoms with Gasteiger partial charge in [-0.15, -0.1) is 0 Å². The van der Waals surface area contributed by atoms with E-state index in [4.69, 9.17) is 0 Å².